The first-order valence-electron chi connectivity index (χ1n) is 11.5. The lowest BCUT2D eigenvalue weighted by atomic mass is 10.0. The number of carbonyl (C=O) groups is 1. The van der Waals surface area contributed by atoms with Crippen molar-refractivity contribution in [3.05, 3.63) is 29.8 Å². The molecule has 1 amide bonds. The Morgan fingerprint density at radius 2 is 1.84 bits per heavy atom. The van der Waals surface area contributed by atoms with Crippen LogP contribution in [0.4, 0.5) is 0 Å². The zero-order valence-electron chi connectivity index (χ0n) is 18.9. The van der Waals surface area contributed by atoms with Crippen molar-refractivity contribution in [3.8, 4) is 5.75 Å². The summed E-state index contributed by atoms with van der Waals surface area (Å²) in [4.78, 5) is 21.5. The maximum atomic E-state index is 12.3. The number of amides is 1. The third-order valence-electron chi connectivity index (χ3n) is 5.84. The van der Waals surface area contributed by atoms with Gasteiger partial charge in [-0.2, -0.15) is 0 Å². The molecule has 2 fully saturated rings. The van der Waals surface area contributed by atoms with E-state index in [1.807, 2.05) is 17.0 Å². The standard InChI is InChI=1S/C23H37N5O3/c1-3-24-23(25-11-10-22(29)28-12-4-5-13-28)26-18-21(27-14-16-31-17-15-27)19-6-8-20(30-2)9-7-19/h6-9,21H,3-5,10-18H2,1-2H3,(H2,24,25,26). The van der Waals surface area contributed by atoms with Crippen molar-refractivity contribution < 1.29 is 14.3 Å². The number of hydrogen-bond acceptors (Lipinski definition) is 5. The second-order valence-corrected chi connectivity index (χ2v) is 7.92. The molecule has 2 aliphatic heterocycles. The van der Waals surface area contributed by atoms with Gasteiger partial charge in [-0.3, -0.25) is 14.7 Å². The van der Waals surface area contributed by atoms with Gasteiger partial charge in [-0.05, 0) is 37.5 Å². The van der Waals surface area contributed by atoms with E-state index in [0.717, 1.165) is 70.5 Å². The number of nitrogens with one attached hydrogen (secondary N) is 2. The van der Waals surface area contributed by atoms with Crippen LogP contribution >= 0.6 is 0 Å². The molecule has 172 valence electrons. The summed E-state index contributed by atoms with van der Waals surface area (Å²) in [6, 6.07) is 8.39. The van der Waals surface area contributed by atoms with E-state index in [4.69, 9.17) is 14.5 Å². The Morgan fingerprint density at radius 3 is 2.48 bits per heavy atom. The zero-order chi connectivity index (χ0) is 21.9. The first-order valence-corrected chi connectivity index (χ1v) is 11.5. The number of methoxy groups -OCH3 is 1. The van der Waals surface area contributed by atoms with Crippen LogP contribution in [0.2, 0.25) is 0 Å². The van der Waals surface area contributed by atoms with E-state index >= 15 is 0 Å². The molecule has 0 aliphatic carbocycles. The summed E-state index contributed by atoms with van der Waals surface area (Å²) in [6.45, 7) is 9.10. The Kier molecular flexibility index (Phi) is 9.42. The number of ether oxygens (including phenoxy) is 2. The molecule has 1 atom stereocenters. The van der Waals surface area contributed by atoms with Crippen LogP contribution < -0.4 is 15.4 Å². The predicted molar refractivity (Wildman–Crippen MR) is 123 cm³/mol. The number of morpholine rings is 1. The van der Waals surface area contributed by atoms with Gasteiger partial charge in [0.15, 0.2) is 5.96 Å². The fourth-order valence-corrected chi connectivity index (χ4v) is 4.08. The van der Waals surface area contributed by atoms with Crippen LogP contribution in [-0.2, 0) is 9.53 Å². The molecule has 0 spiro atoms. The van der Waals surface area contributed by atoms with Gasteiger partial charge >= 0.3 is 0 Å². The Balaban J connectivity index is 1.62. The van der Waals surface area contributed by atoms with Crippen molar-refractivity contribution in [2.24, 2.45) is 4.99 Å². The summed E-state index contributed by atoms with van der Waals surface area (Å²) >= 11 is 0. The van der Waals surface area contributed by atoms with Gasteiger partial charge in [-0.1, -0.05) is 12.1 Å². The first kappa shape index (κ1) is 23.3. The number of benzene rings is 1. The fourth-order valence-electron chi connectivity index (χ4n) is 4.08. The lowest BCUT2D eigenvalue weighted by Gasteiger charge is -2.34. The fraction of sp³-hybridized carbons (Fsp3) is 0.652. The molecular formula is C23H37N5O3. The third-order valence-corrected chi connectivity index (χ3v) is 5.84. The van der Waals surface area contributed by atoms with E-state index < -0.39 is 0 Å². The summed E-state index contributed by atoms with van der Waals surface area (Å²) in [5.41, 5.74) is 1.21. The molecule has 0 bridgehead atoms. The highest BCUT2D eigenvalue weighted by atomic mass is 16.5. The number of aliphatic imine (C=N–C) groups is 1. The van der Waals surface area contributed by atoms with Gasteiger partial charge in [0.1, 0.15) is 5.75 Å². The van der Waals surface area contributed by atoms with E-state index in [2.05, 4.69) is 34.6 Å². The average molecular weight is 432 g/mol. The van der Waals surface area contributed by atoms with Crippen molar-refractivity contribution in [3.63, 3.8) is 0 Å². The molecule has 2 saturated heterocycles. The second-order valence-electron chi connectivity index (χ2n) is 7.92. The highest BCUT2D eigenvalue weighted by Gasteiger charge is 2.23. The number of nitrogens with zero attached hydrogens (tertiary/aromatic N) is 3. The van der Waals surface area contributed by atoms with Crippen LogP contribution in [0.1, 0.15) is 37.8 Å². The molecule has 1 aromatic rings. The summed E-state index contributed by atoms with van der Waals surface area (Å²) < 4.78 is 10.9. The van der Waals surface area contributed by atoms with Gasteiger partial charge in [0, 0.05) is 45.7 Å². The van der Waals surface area contributed by atoms with Crippen LogP contribution in [0, 0.1) is 0 Å². The Bertz CT molecular complexity index is 698. The molecule has 1 unspecified atom stereocenters. The minimum Gasteiger partial charge on any atom is -0.497 e. The molecule has 2 heterocycles. The van der Waals surface area contributed by atoms with E-state index in [0.29, 0.717) is 19.5 Å². The van der Waals surface area contributed by atoms with Gasteiger partial charge < -0.3 is 25.0 Å². The summed E-state index contributed by atoms with van der Waals surface area (Å²) in [6.07, 6.45) is 2.74. The predicted octanol–water partition coefficient (Wildman–Crippen LogP) is 1.64. The van der Waals surface area contributed by atoms with Crippen molar-refractivity contribution in [2.75, 3.05) is 66.1 Å². The van der Waals surface area contributed by atoms with Crippen LogP contribution in [0.25, 0.3) is 0 Å². The third kappa shape index (κ3) is 7.11. The highest BCUT2D eigenvalue weighted by molar-refractivity contribution is 5.81. The number of guanidine groups is 1. The zero-order valence-corrected chi connectivity index (χ0v) is 18.9. The summed E-state index contributed by atoms with van der Waals surface area (Å²) in [7, 11) is 1.68. The van der Waals surface area contributed by atoms with Crippen LogP contribution in [-0.4, -0.2) is 87.8 Å². The van der Waals surface area contributed by atoms with Crippen molar-refractivity contribution >= 4 is 11.9 Å². The number of hydrogen-bond donors (Lipinski definition) is 2. The van der Waals surface area contributed by atoms with Gasteiger partial charge in [0.2, 0.25) is 5.91 Å². The van der Waals surface area contributed by atoms with Gasteiger partial charge in [0.25, 0.3) is 0 Å². The molecule has 0 aromatic heterocycles. The summed E-state index contributed by atoms with van der Waals surface area (Å²) in [5.74, 6) is 1.83. The summed E-state index contributed by atoms with van der Waals surface area (Å²) in [5, 5.41) is 6.64. The molecule has 8 heteroatoms. The van der Waals surface area contributed by atoms with Crippen molar-refractivity contribution in [2.45, 2.75) is 32.2 Å². The molecule has 1 aromatic carbocycles. The highest BCUT2D eigenvalue weighted by Crippen LogP contribution is 2.24. The quantitative estimate of drug-likeness (QED) is 0.457. The van der Waals surface area contributed by atoms with Gasteiger partial charge in [0.05, 0.1) is 32.9 Å². The molecule has 0 radical (unpaired) electrons. The van der Waals surface area contributed by atoms with E-state index in [1.165, 1.54) is 5.56 Å². The topological polar surface area (TPSA) is 78.4 Å². The number of likely N-dealkylation sites (tertiary alicyclic amines) is 1. The molecule has 8 nitrogen and oxygen atoms in total. The molecule has 31 heavy (non-hydrogen) atoms. The van der Waals surface area contributed by atoms with Crippen LogP contribution in [0.15, 0.2) is 29.3 Å². The molecule has 0 saturated carbocycles. The number of carbonyl (C=O) groups excluding carboxylic acids is 1. The SMILES string of the molecule is CCNC(=NCC(c1ccc(OC)cc1)N1CCOCC1)NCCC(=O)N1CCCC1. The lowest BCUT2D eigenvalue weighted by molar-refractivity contribution is -0.129. The van der Waals surface area contributed by atoms with Crippen LogP contribution in [0.3, 0.4) is 0 Å². The largest absolute Gasteiger partial charge is 0.497 e. The smallest absolute Gasteiger partial charge is 0.224 e. The second kappa shape index (κ2) is 12.5. The molecule has 2 N–H and O–H groups in total. The van der Waals surface area contributed by atoms with Crippen molar-refractivity contribution in [1.82, 2.24) is 20.4 Å². The van der Waals surface area contributed by atoms with Crippen molar-refractivity contribution in [1.29, 1.82) is 0 Å². The Labute approximate surface area is 186 Å². The first-order chi connectivity index (χ1) is 15.2. The average Bonchev–Trinajstić information content (AvgIpc) is 3.35. The Morgan fingerprint density at radius 1 is 1.13 bits per heavy atom. The van der Waals surface area contributed by atoms with Gasteiger partial charge in [-0.25, -0.2) is 0 Å². The van der Waals surface area contributed by atoms with Gasteiger partial charge in [-0.15, -0.1) is 0 Å². The minimum absolute atomic E-state index is 0.163. The lowest BCUT2D eigenvalue weighted by Crippen LogP contribution is -2.42. The van der Waals surface area contributed by atoms with E-state index in [9.17, 15) is 4.79 Å². The van der Waals surface area contributed by atoms with E-state index in [-0.39, 0.29) is 11.9 Å². The monoisotopic (exact) mass is 431 g/mol. The van der Waals surface area contributed by atoms with Crippen LogP contribution in [0.5, 0.6) is 5.75 Å². The Hall–Kier alpha value is -2.32. The molecule has 2 aliphatic rings. The van der Waals surface area contributed by atoms with E-state index in [1.54, 1.807) is 7.11 Å². The normalized spacial score (nSPS) is 18.6. The minimum atomic E-state index is 0.163. The maximum absolute atomic E-state index is 12.3. The maximum Gasteiger partial charge on any atom is 0.224 e. The number of rotatable bonds is 9. The molecule has 3 rings (SSSR count). The molecular weight excluding hydrogens is 394 g/mol.